The molecule has 4 amide bonds. The molecule has 73 heavy (non-hydrogen) atoms. The highest BCUT2D eigenvalue weighted by Gasteiger charge is 2.54. The Balaban J connectivity index is 0.782. The molecule has 4 atom stereocenters. The number of hydrogen-bond acceptors (Lipinski definition) is 13. The van der Waals surface area contributed by atoms with Crippen molar-refractivity contribution in [2.75, 3.05) is 50.2 Å². The SMILES string of the molecule is CNc1nc(Nc2ccc(C(=O)N3CCC(CCCC4CCC(CSC(C)(C)[C@H](NC(=O)C5(F)CC5)C(=O)N5C[C@H](O)CC5C(=O)N[C@@H](C)c5ccc(-c6scnc6C)cc5)CC4)CC3)cc2OC)ncc1Cl. The van der Waals surface area contributed by atoms with Gasteiger partial charge < -0.3 is 40.9 Å². The number of carbonyl (C=O) groups excluding carboxylic acids is 4. The number of rotatable bonds is 20. The number of aryl methyl sites for hydroxylation is 1. The van der Waals surface area contributed by atoms with Crippen LogP contribution in [0.4, 0.5) is 21.8 Å². The second-order valence-electron chi connectivity index (χ2n) is 21.0. The fourth-order valence-electron chi connectivity index (χ4n) is 10.6. The van der Waals surface area contributed by atoms with Crippen molar-refractivity contribution in [1.82, 2.24) is 35.4 Å². The van der Waals surface area contributed by atoms with Gasteiger partial charge in [-0.1, -0.05) is 68.0 Å². The summed E-state index contributed by atoms with van der Waals surface area (Å²) >= 11 is 9.33. The van der Waals surface area contributed by atoms with Crippen LogP contribution in [0.3, 0.4) is 0 Å². The van der Waals surface area contributed by atoms with Crippen molar-refractivity contribution >= 4 is 75.8 Å². The molecule has 4 fully saturated rings. The number of thioether (sulfide) groups is 1. The van der Waals surface area contributed by atoms with E-state index in [-0.39, 0.29) is 43.7 Å². The summed E-state index contributed by atoms with van der Waals surface area (Å²) in [5.41, 5.74) is 3.92. The molecule has 2 aliphatic heterocycles. The molecule has 0 radical (unpaired) electrons. The van der Waals surface area contributed by atoms with Crippen molar-refractivity contribution in [1.29, 1.82) is 0 Å². The van der Waals surface area contributed by atoms with Gasteiger partial charge in [-0.25, -0.2) is 14.4 Å². The number of halogens is 2. The van der Waals surface area contributed by atoms with Crippen LogP contribution in [0.2, 0.25) is 5.02 Å². The van der Waals surface area contributed by atoms with E-state index in [1.807, 2.05) is 62.4 Å². The Hall–Kier alpha value is -5.04. The van der Waals surface area contributed by atoms with Crippen LogP contribution in [0.25, 0.3) is 10.4 Å². The summed E-state index contributed by atoms with van der Waals surface area (Å²) in [7, 11) is 3.30. The van der Waals surface area contributed by atoms with Crippen LogP contribution in [0.5, 0.6) is 5.75 Å². The Labute approximate surface area is 442 Å². The van der Waals surface area contributed by atoms with Crippen LogP contribution in [0, 0.1) is 24.7 Å². The van der Waals surface area contributed by atoms with Gasteiger partial charge in [0.15, 0.2) is 5.67 Å². The first kappa shape index (κ1) is 54.2. The molecule has 4 aromatic rings. The molecule has 5 N–H and O–H groups in total. The number of β-amino-alcohol motifs (C(OH)–C–C–N with tert-alkyl or cyclic N) is 1. The maximum Gasteiger partial charge on any atom is 0.258 e. The number of benzene rings is 2. The molecule has 0 spiro atoms. The minimum atomic E-state index is -1.99. The first-order valence-electron chi connectivity index (χ1n) is 25.8. The lowest BCUT2D eigenvalue weighted by molar-refractivity contribution is -0.143. The van der Waals surface area contributed by atoms with Crippen LogP contribution >= 0.6 is 34.7 Å². The molecular formula is C54H71ClFN9O6S2. The van der Waals surface area contributed by atoms with Crippen LogP contribution < -0.4 is 26.0 Å². The summed E-state index contributed by atoms with van der Waals surface area (Å²) in [4.78, 5) is 72.8. The largest absolute Gasteiger partial charge is 0.495 e. The van der Waals surface area contributed by atoms with Gasteiger partial charge in [0.05, 0.1) is 47.2 Å². The van der Waals surface area contributed by atoms with Gasteiger partial charge in [-0.05, 0) is 119 Å². The normalized spacial score (nSPS) is 21.8. The van der Waals surface area contributed by atoms with E-state index in [2.05, 4.69) is 36.2 Å². The molecule has 4 aliphatic rings. The highest BCUT2D eigenvalue weighted by molar-refractivity contribution is 8.00. The van der Waals surface area contributed by atoms with Crippen LogP contribution in [-0.2, 0) is 14.4 Å². The smallest absolute Gasteiger partial charge is 0.258 e. The number of ether oxygens (including phenoxy) is 1. The lowest BCUT2D eigenvalue weighted by atomic mass is 9.79. The van der Waals surface area contributed by atoms with Crippen LogP contribution in [-0.4, -0.2) is 122 Å². The van der Waals surface area contributed by atoms with Crippen molar-refractivity contribution in [2.45, 2.75) is 139 Å². The zero-order valence-electron chi connectivity index (χ0n) is 42.8. The standard InChI is InChI=1S/C54H71ClFN9O6S2/c1-32(37-14-16-38(17-15-37)45-33(2)59-31-72-45)60-48(67)43-27-40(66)29-65(43)50(69)46(62-51(70)54(56)22-23-54)53(3,4)73-30-36-12-10-34(11-13-36)8-7-9-35-20-24-64(25-21-35)49(68)39-18-19-42(44(26-39)71-6)61-52-58-28-41(55)47(57-5)63-52/h14-19,26,28,31-32,34-36,40,43,46,66H,7-13,20-25,27,29-30H2,1-6H3,(H,60,67)(H,62,70)(H2,57,58,61,63)/t32-,34?,36?,40+,43?,46+/m0/s1. The van der Waals surface area contributed by atoms with Crippen molar-refractivity contribution in [3.8, 4) is 16.2 Å². The minimum Gasteiger partial charge on any atom is -0.495 e. The molecule has 4 heterocycles. The summed E-state index contributed by atoms with van der Waals surface area (Å²) in [6.45, 7) is 9.07. The van der Waals surface area contributed by atoms with Crippen LogP contribution in [0.1, 0.15) is 125 Å². The number of amides is 4. The molecule has 2 aromatic carbocycles. The summed E-state index contributed by atoms with van der Waals surface area (Å²) in [5.74, 6) is 2.15. The zero-order chi connectivity index (χ0) is 52.0. The quantitative estimate of drug-likeness (QED) is 0.0565. The van der Waals surface area contributed by atoms with E-state index in [1.54, 1.807) is 55.5 Å². The van der Waals surface area contributed by atoms with E-state index in [4.69, 9.17) is 16.3 Å². The lowest BCUT2D eigenvalue weighted by Gasteiger charge is -2.39. The number of alkyl halides is 1. The molecule has 2 saturated carbocycles. The molecule has 2 aliphatic carbocycles. The average Bonchev–Trinajstić information content (AvgIpc) is 3.80. The number of anilines is 3. The molecule has 15 nitrogen and oxygen atoms in total. The van der Waals surface area contributed by atoms with Crippen molar-refractivity contribution in [2.24, 2.45) is 17.8 Å². The monoisotopic (exact) mass is 1060 g/mol. The van der Waals surface area contributed by atoms with Crippen molar-refractivity contribution in [3.63, 3.8) is 0 Å². The number of aliphatic hydroxyl groups is 1. The predicted octanol–water partition coefficient (Wildman–Crippen LogP) is 9.52. The summed E-state index contributed by atoms with van der Waals surface area (Å²) in [6, 6.07) is 10.9. The maximum atomic E-state index is 15.2. The topological polar surface area (TPSA) is 191 Å². The summed E-state index contributed by atoms with van der Waals surface area (Å²) in [6.07, 6.45) is 10.8. The number of nitrogens with one attached hydrogen (secondary N) is 4. The number of carbonyl (C=O) groups is 4. The number of piperidine rings is 1. The van der Waals surface area contributed by atoms with Gasteiger partial charge in [0.2, 0.25) is 17.8 Å². The number of likely N-dealkylation sites (tertiary alicyclic amines) is 2. The highest BCUT2D eigenvalue weighted by atomic mass is 35.5. The van der Waals surface area contributed by atoms with Crippen molar-refractivity contribution in [3.05, 3.63) is 76.0 Å². The number of hydrogen-bond donors (Lipinski definition) is 5. The second-order valence-corrected chi connectivity index (χ2v) is 24.0. The van der Waals surface area contributed by atoms with E-state index in [0.717, 1.165) is 91.9 Å². The number of methoxy groups -OCH3 is 1. The van der Waals surface area contributed by atoms with E-state index in [9.17, 15) is 24.3 Å². The second kappa shape index (κ2) is 23.7. The zero-order valence-corrected chi connectivity index (χ0v) is 45.2. The van der Waals surface area contributed by atoms with E-state index in [1.165, 1.54) is 17.5 Å². The van der Waals surface area contributed by atoms with Crippen molar-refractivity contribution < 1.29 is 33.4 Å². The average molecular weight is 1060 g/mol. The Kier molecular flexibility index (Phi) is 17.6. The molecule has 394 valence electrons. The molecule has 8 rings (SSSR count). The Bertz CT molecular complexity index is 2580. The van der Waals surface area contributed by atoms with Gasteiger partial charge in [-0.3, -0.25) is 19.2 Å². The Morgan fingerprint density at radius 1 is 0.986 bits per heavy atom. The van der Waals surface area contributed by atoms with Gasteiger partial charge in [0, 0.05) is 43.4 Å². The molecule has 2 saturated heterocycles. The maximum absolute atomic E-state index is 15.2. The third kappa shape index (κ3) is 13.3. The third-order valence-corrected chi connectivity index (χ3v) is 18.3. The molecular weight excluding hydrogens is 989 g/mol. The van der Waals surface area contributed by atoms with E-state index >= 15 is 4.39 Å². The summed E-state index contributed by atoms with van der Waals surface area (Å²) in [5, 5.41) is 23.2. The van der Waals surface area contributed by atoms with Gasteiger partial charge in [0.1, 0.15) is 28.7 Å². The number of aromatic nitrogens is 3. The fraction of sp³-hybridized carbons (Fsp3) is 0.574. The Morgan fingerprint density at radius 2 is 1.67 bits per heavy atom. The molecule has 2 aromatic heterocycles. The van der Waals surface area contributed by atoms with E-state index in [0.29, 0.717) is 51.5 Å². The number of aliphatic hydroxyl groups excluding tert-OH is 1. The summed E-state index contributed by atoms with van der Waals surface area (Å²) < 4.78 is 20.0. The predicted molar refractivity (Wildman–Crippen MR) is 287 cm³/mol. The molecule has 1 unspecified atom stereocenters. The third-order valence-electron chi connectivity index (χ3n) is 15.4. The number of nitrogens with zero attached hydrogens (tertiary/aromatic N) is 5. The number of thiazole rings is 1. The van der Waals surface area contributed by atoms with Gasteiger partial charge in [0.25, 0.3) is 11.8 Å². The van der Waals surface area contributed by atoms with Gasteiger partial charge in [-0.2, -0.15) is 16.7 Å². The highest BCUT2D eigenvalue weighted by Crippen LogP contribution is 2.43. The molecule has 0 bridgehead atoms. The fourth-order valence-corrected chi connectivity index (χ4v) is 12.9. The lowest BCUT2D eigenvalue weighted by Crippen LogP contribution is -2.61. The van der Waals surface area contributed by atoms with E-state index < -0.39 is 40.4 Å². The van der Waals surface area contributed by atoms with Gasteiger partial charge >= 0.3 is 0 Å². The van der Waals surface area contributed by atoms with Crippen LogP contribution in [0.15, 0.2) is 54.2 Å². The first-order chi connectivity index (χ1) is 34.9. The minimum absolute atomic E-state index is 0.00760. The first-order valence-corrected chi connectivity index (χ1v) is 28.1. The molecule has 19 heteroatoms. The Morgan fingerprint density at radius 3 is 2.32 bits per heavy atom. The van der Waals surface area contributed by atoms with Gasteiger partial charge in [-0.15, -0.1) is 11.3 Å².